The van der Waals surface area contributed by atoms with E-state index in [-0.39, 0.29) is 22.9 Å². The van der Waals surface area contributed by atoms with Crippen LogP contribution in [0.4, 0.5) is 0 Å². The average Bonchev–Trinajstić information content (AvgIpc) is 2.89. The first-order valence-corrected chi connectivity index (χ1v) is 8.35. The maximum absolute atomic E-state index is 6.48. The SMILES string of the molecule is ClC1CCCC(Cl)C1C1CC(C2=NCCCC2)ON1. The third kappa shape index (κ3) is 3.10. The molecule has 0 aromatic heterocycles. The lowest BCUT2D eigenvalue weighted by Gasteiger charge is -2.35. The molecule has 0 radical (unpaired) electrons. The Balaban J connectivity index is 1.63. The minimum absolute atomic E-state index is 0.139. The summed E-state index contributed by atoms with van der Waals surface area (Å²) in [5, 5.41) is 0.341. The van der Waals surface area contributed by atoms with Gasteiger partial charge >= 0.3 is 0 Å². The summed E-state index contributed by atoms with van der Waals surface area (Å²) >= 11 is 13.0. The van der Waals surface area contributed by atoms with Crippen molar-refractivity contribution in [2.75, 3.05) is 6.54 Å². The van der Waals surface area contributed by atoms with E-state index >= 15 is 0 Å². The Morgan fingerprint density at radius 3 is 2.58 bits per heavy atom. The van der Waals surface area contributed by atoms with Crippen LogP contribution in [0.5, 0.6) is 0 Å². The van der Waals surface area contributed by atoms with Gasteiger partial charge in [-0.15, -0.1) is 23.2 Å². The molecule has 1 saturated heterocycles. The predicted molar refractivity (Wildman–Crippen MR) is 79.2 cm³/mol. The first-order valence-electron chi connectivity index (χ1n) is 7.48. The fraction of sp³-hybridized carbons (Fsp3) is 0.929. The van der Waals surface area contributed by atoms with Gasteiger partial charge in [-0.2, -0.15) is 5.48 Å². The molecular weight excluding hydrogens is 283 g/mol. The maximum Gasteiger partial charge on any atom is 0.118 e. The van der Waals surface area contributed by atoms with E-state index in [1.165, 1.54) is 18.6 Å². The van der Waals surface area contributed by atoms with Crippen LogP contribution in [0.2, 0.25) is 0 Å². The van der Waals surface area contributed by atoms with E-state index < -0.39 is 0 Å². The van der Waals surface area contributed by atoms with E-state index in [0.717, 1.165) is 38.6 Å². The highest BCUT2D eigenvalue weighted by Crippen LogP contribution is 2.38. The van der Waals surface area contributed by atoms with Gasteiger partial charge in [0.1, 0.15) is 6.10 Å². The molecule has 3 nitrogen and oxygen atoms in total. The topological polar surface area (TPSA) is 33.6 Å². The number of nitrogens with one attached hydrogen (secondary N) is 1. The summed E-state index contributed by atoms with van der Waals surface area (Å²) in [6, 6.07) is 0.278. The average molecular weight is 305 g/mol. The Labute approximate surface area is 125 Å². The third-order valence-corrected chi connectivity index (χ3v) is 5.64. The largest absolute Gasteiger partial charge is 0.292 e. The minimum Gasteiger partial charge on any atom is -0.292 e. The molecule has 0 aromatic carbocycles. The third-order valence-electron chi connectivity index (χ3n) is 4.62. The quantitative estimate of drug-likeness (QED) is 0.794. The highest BCUT2D eigenvalue weighted by molar-refractivity contribution is 6.24. The number of hydrogen-bond acceptors (Lipinski definition) is 3. The minimum atomic E-state index is 0.139. The smallest absolute Gasteiger partial charge is 0.118 e. The molecule has 2 aliphatic heterocycles. The summed E-state index contributed by atoms with van der Waals surface area (Å²) in [6.45, 7) is 0.958. The number of rotatable bonds is 2. The summed E-state index contributed by atoms with van der Waals surface area (Å²) in [4.78, 5) is 10.4. The fourth-order valence-electron chi connectivity index (χ4n) is 3.54. The number of halogens is 2. The molecule has 2 heterocycles. The van der Waals surface area contributed by atoms with Crippen LogP contribution in [0.15, 0.2) is 4.99 Å². The molecule has 1 aliphatic carbocycles. The van der Waals surface area contributed by atoms with Crippen LogP contribution in [0.25, 0.3) is 0 Å². The second-order valence-electron chi connectivity index (χ2n) is 5.94. The number of aliphatic imine (C=N–C) groups is 1. The maximum atomic E-state index is 6.48. The van der Waals surface area contributed by atoms with E-state index in [1.54, 1.807) is 0 Å². The van der Waals surface area contributed by atoms with Gasteiger partial charge in [0.2, 0.25) is 0 Å². The molecule has 0 bridgehead atoms. The Bertz CT molecular complexity index is 340. The van der Waals surface area contributed by atoms with Gasteiger partial charge in [-0.1, -0.05) is 6.42 Å². The van der Waals surface area contributed by atoms with Crippen LogP contribution in [0, 0.1) is 5.92 Å². The van der Waals surface area contributed by atoms with Crippen molar-refractivity contribution in [2.45, 2.75) is 67.8 Å². The zero-order chi connectivity index (χ0) is 13.2. The molecule has 5 heteroatoms. The zero-order valence-electron chi connectivity index (χ0n) is 11.2. The van der Waals surface area contributed by atoms with Crippen LogP contribution < -0.4 is 5.48 Å². The molecule has 3 aliphatic rings. The van der Waals surface area contributed by atoms with Gasteiger partial charge in [0.25, 0.3) is 0 Å². The molecule has 1 saturated carbocycles. The first kappa shape index (κ1) is 14.1. The molecule has 19 heavy (non-hydrogen) atoms. The van der Waals surface area contributed by atoms with Crippen LogP contribution in [-0.4, -0.2) is 35.2 Å². The van der Waals surface area contributed by atoms with Gasteiger partial charge < -0.3 is 0 Å². The number of nitrogens with zero attached hydrogens (tertiary/aromatic N) is 1. The molecule has 3 rings (SSSR count). The zero-order valence-corrected chi connectivity index (χ0v) is 12.7. The second-order valence-corrected chi connectivity index (χ2v) is 7.06. The molecule has 1 N–H and O–H groups in total. The van der Waals surface area contributed by atoms with Gasteiger partial charge in [0.15, 0.2) is 0 Å². The predicted octanol–water partition coefficient (Wildman–Crippen LogP) is 3.29. The van der Waals surface area contributed by atoms with E-state index in [9.17, 15) is 0 Å². The van der Waals surface area contributed by atoms with Gasteiger partial charge in [-0.25, -0.2) is 0 Å². The van der Waals surface area contributed by atoms with Crippen molar-refractivity contribution in [2.24, 2.45) is 10.9 Å². The lowest BCUT2D eigenvalue weighted by atomic mass is 9.81. The molecule has 108 valence electrons. The van der Waals surface area contributed by atoms with Crippen molar-refractivity contribution in [1.82, 2.24) is 5.48 Å². The fourth-order valence-corrected chi connectivity index (χ4v) is 4.63. The highest BCUT2D eigenvalue weighted by Gasteiger charge is 2.42. The highest BCUT2D eigenvalue weighted by atomic mass is 35.5. The summed E-state index contributed by atoms with van der Waals surface area (Å²) in [5.74, 6) is 0.311. The molecule has 0 spiro atoms. The number of alkyl halides is 2. The normalized spacial score (nSPS) is 44.1. The summed E-state index contributed by atoms with van der Waals surface area (Å²) < 4.78 is 0. The summed E-state index contributed by atoms with van der Waals surface area (Å²) in [5.41, 5.74) is 4.42. The van der Waals surface area contributed by atoms with Crippen LogP contribution in [-0.2, 0) is 4.84 Å². The molecular formula is C14H22Cl2N2O. The van der Waals surface area contributed by atoms with Crippen LogP contribution in [0.3, 0.4) is 0 Å². The lowest BCUT2D eigenvalue weighted by molar-refractivity contribution is 0.0486. The van der Waals surface area contributed by atoms with E-state index in [2.05, 4.69) is 10.5 Å². The molecule has 2 fully saturated rings. The van der Waals surface area contributed by atoms with Crippen molar-refractivity contribution in [1.29, 1.82) is 0 Å². The number of hydroxylamine groups is 1. The van der Waals surface area contributed by atoms with Crippen molar-refractivity contribution in [3.8, 4) is 0 Å². The first-order chi connectivity index (χ1) is 9.25. The number of hydrogen-bond donors (Lipinski definition) is 1. The molecule has 4 unspecified atom stereocenters. The Morgan fingerprint density at radius 2 is 1.89 bits per heavy atom. The van der Waals surface area contributed by atoms with E-state index in [4.69, 9.17) is 28.0 Å². The van der Waals surface area contributed by atoms with Crippen molar-refractivity contribution in [3.05, 3.63) is 0 Å². The van der Waals surface area contributed by atoms with E-state index in [0.29, 0.717) is 5.92 Å². The summed E-state index contributed by atoms with van der Waals surface area (Å²) in [6.07, 6.45) is 7.92. The van der Waals surface area contributed by atoms with Gasteiger partial charge in [-0.05, 0) is 38.5 Å². The second kappa shape index (κ2) is 6.30. The van der Waals surface area contributed by atoms with Crippen molar-refractivity contribution in [3.63, 3.8) is 0 Å². The van der Waals surface area contributed by atoms with Crippen LogP contribution >= 0.6 is 23.2 Å². The Hall–Kier alpha value is 0.170. The van der Waals surface area contributed by atoms with Gasteiger partial charge in [-0.3, -0.25) is 9.83 Å². The molecule has 4 atom stereocenters. The van der Waals surface area contributed by atoms with Crippen molar-refractivity contribution >= 4 is 28.9 Å². The Kier molecular flexibility index (Phi) is 4.68. The van der Waals surface area contributed by atoms with E-state index in [1.807, 2.05) is 0 Å². The van der Waals surface area contributed by atoms with Crippen molar-refractivity contribution < 1.29 is 4.84 Å². The van der Waals surface area contributed by atoms with Gasteiger partial charge in [0.05, 0.1) is 0 Å². The van der Waals surface area contributed by atoms with Gasteiger partial charge in [0, 0.05) is 35.0 Å². The molecule has 0 amide bonds. The monoisotopic (exact) mass is 304 g/mol. The summed E-state index contributed by atoms with van der Waals surface area (Å²) in [7, 11) is 0. The molecule has 0 aromatic rings. The standard InChI is InChI=1S/C14H22Cl2N2O/c15-9-4-3-5-10(16)14(9)12-8-13(19-18-12)11-6-1-2-7-17-11/h9-10,12-14,18H,1-8H2. The van der Waals surface area contributed by atoms with Crippen LogP contribution in [0.1, 0.15) is 44.9 Å². The lowest BCUT2D eigenvalue weighted by Crippen LogP contribution is -2.43. The Morgan fingerprint density at radius 1 is 1.11 bits per heavy atom.